The molecule has 3 aromatic carbocycles. The largest absolute Gasteiger partial charge is 0.503 e. The molecule has 4 nitrogen and oxygen atoms in total. The highest BCUT2D eigenvalue weighted by Gasteiger charge is 2.19. The maximum Gasteiger partial charge on any atom is 0.228 e. The molecule has 0 unspecified atom stereocenters. The number of halogens is 2. The van der Waals surface area contributed by atoms with Gasteiger partial charge in [-0.3, -0.25) is 0 Å². The smallest absolute Gasteiger partial charge is 0.228 e. The number of aromatic hydroxyl groups is 2. The van der Waals surface area contributed by atoms with Crippen LogP contribution in [-0.2, 0) is 0 Å². The van der Waals surface area contributed by atoms with Crippen molar-refractivity contribution in [1.82, 2.24) is 4.98 Å². The van der Waals surface area contributed by atoms with Crippen molar-refractivity contribution >= 4 is 31.9 Å². The summed E-state index contributed by atoms with van der Waals surface area (Å²) in [5, 5.41) is 19.8. The summed E-state index contributed by atoms with van der Waals surface area (Å²) in [7, 11) is 0. The summed E-state index contributed by atoms with van der Waals surface area (Å²) in [6, 6.07) is 19.8. The zero-order valence-electron chi connectivity index (χ0n) is 13.9. The number of hydrogen-bond acceptors (Lipinski definition) is 4. The van der Waals surface area contributed by atoms with Crippen molar-refractivity contribution in [1.29, 1.82) is 0 Å². The van der Waals surface area contributed by atoms with Gasteiger partial charge in [0, 0.05) is 5.56 Å². The average molecular weight is 487 g/mol. The van der Waals surface area contributed by atoms with Crippen molar-refractivity contribution in [3.8, 4) is 45.4 Å². The second-order valence-electron chi connectivity index (χ2n) is 5.89. The molecule has 0 radical (unpaired) electrons. The van der Waals surface area contributed by atoms with Crippen LogP contribution in [0.2, 0.25) is 0 Å². The van der Waals surface area contributed by atoms with Crippen LogP contribution in [-0.4, -0.2) is 15.2 Å². The minimum Gasteiger partial charge on any atom is -0.503 e. The average Bonchev–Trinajstić information content (AvgIpc) is 3.20. The third kappa shape index (κ3) is 3.38. The highest BCUT2D eigenvalue weighted by Crippen LogP contribution is 2.45. The summed E-state index contributed by atoms with van der Waals surface area (Å²) in [6.45, 7) is 0. The van der Waals surface area contributed by atoms with Gasteiger partial charge in [-0.05, 0) is 49.1 Å². The molecule has 134 valence electrons. The summed E-state index contributed by atoms with van der Waals surface area (Å²) in [5.41, 5.74) is 3.70. The van der Waals surface area contributed by atoms with E-state index in [0.29, 0.717) is 26.2 Å². The monoisotopic (exact) mass is 485 g/mol. The maximum atomic E-state index is 10.00. The topological polar surface area (TPSA) is 66.5 Å². The van der Waals surface area contributed by atoms with Crippen molar-refractivity contribution in [3.05, 3.63) is 75.8 Å². The molecule has 0 aliphatic heterocycles. The van der Waals surface area contributed by atoms with Crippen LogP contribution in [0.1, 0.15) is 0 Å². The molecule has 0 atom stereocenters. The third-order valence-electron chi connectivity index (χ3n) is 4.18. The van der Waals surface area contributed by atoms with E-state index in [4.69, 9.17) is 4.42 Å². The van der Waals surface area contributed by atoms with E-state index in [1.54, 1.807) is 12.3 Å². The Kier molecular flexibility index (Phi) is 4.76. The van der Waals surface area contributed by atoms with E-state index in [1.807, 2.05) is 42.5 Å². The normalized spacial score (nSPS) is 10.9. The molecule has 0 saturated carbocycles. The van der Waals surface area contributed by atoms with Crippen LogP contribution in [0, 0.1) is 0 Å². The number of phenols is 2. The SMILES string of the molecule is Oc1c(Br)cc(-c2ncc(-c3ccc(-c4ccccc4)cc3)o2)c(Br)c1O. The van der Waals surface area contributed by atoms with E-state index in [2.05, 4.69) is 49.0 Å². The van der Waals surface area contributed by atoms with Gasteiger partial charge in [0.15, 0.2) is 17.3 Å². The predicted molar refractivity (Wildman–Crippen MR) is 112 cm³/mol. The molecule has 0 bridgehead atoms. The highest BCUT2D eigenvalue weighted by atomic mass is 79.9. The fourth-order valence-corrected chi connectivity index (χ4v) is 3.64. The zero-order chi connectivity index (χ0) is 19.0. The Morgan fingerprint density at radius 2 is 1.41 bits per heavy atom. The summed E-state index contributed by atoms with van der Waals surface area (Å²) in [4.78, 5) is 4.31. The first-order chi connectivity index (χ1) is 13.0. The zero-order valence-corrected chi connectivity index (χ0v) is 17.0. The standard InChI is InChI=1S/C21H13Br2NO3/c22-16-10-15(18(23)20(26)19(16)25)21-24-11-17(27-21)14-8-6-13(7-9-14)12-4-2-1-3-5-12/h1-11,25-26H. The second kappa shape index (κ2) is 7.21. The number of oxazole rings is 1. The first-order valence-electron chi connectivity index (χ1n) is 8.06. The highest BCUT2D eigenvalue weighted by molar-refractivity contribution is 9.11. The molecule has 0 saturated heterocycles. The Morgan fingerprint density at radius 1 is 0.778 bits per heavy atom. The number of rotatable bonds is 3. The van der Waals surface area contributed by atoms with Gasteiger partial charge < -0.3 is 14.6 Å². The van der Waals surface area contributed by atoms with Crippen molar-refractivity contribution in [2.75, 3.05) is 0 Å². The number of benzene rings is 3. The molecule has 1 aromatic heterocycles. The van der Waals surface area contributed by atoms with Gasteiger partial charge in [-0.15, -0.1) is 0 Å². The Hall–Kier alpha value is -2.57. The molecule has 2 N–H and O–H groups in total. The Bertz CT molecular complexity index is 1110. The van der Waals surface area contributed by atoms with E-state index in [1.165, 1.54) is 0 Å². The Balaban J connectivity index is 1.68. The van der Waals surface area contributed by atoms with Crippen LogP contribution < -0.4 is 0 Å². The summed E-state index contributed by atoms with van der Waals surface area (Å²) >= 11 is 6.48. The number of nitrogens with zero attached hydrogens (tertiary/aromatic N) is 1. The fourth-order valence-electron chi connectivity index (χ4n) is 2.75. The first-order valence-corrected chi connectivity index (χ1v) is 9.65. The van der Waals surface area contributed by atoms with Gasteiger partial charge in [0.05, 0.1) is 20.7 Å². The van der Waals surface area contributed by atoms with Crippen LogP contribution in [0.15, 0.2) is 80.2 Å². The molecule has 1 heterocycles. The number of hydrogen-bond donors (Lipinski definition) is 2. The first kappa shape index (κ1) is 17.8. The molecular weight excluding hydrogens is 474 g/mol. The van der Waals surface area contributed by atoms with Crippen LogP contribution >= 0.6 is 31.9 Å². The molecule has 4 aromatic rings. The maximum absolute atomic E-state index is 10.00. The van der Waals surface area contributed by atoms with Gasteiger partial charge in [0.2, 0.25) is 5.89 Å². The van der Waals surface area contributed by atoms with Crippen molar-refractivity contribution in [2.24, 2.45) is 0 Å². The molecule has 0 aliphatic carbocycles. The Labute approximate surface area is 172 Å². The van der Waals surface area contributed by atoms with Gasteiger partial charge >= 0.3 is 0 Å². The van der Waals surface area contributed by atoms with Crippen LogP contribution in [0.5, 0.6) is 11.5 Å². The van der Waals surface area contributed by atoms with E-state index < -0.39 is 0 Å². The van der Waals surface area contributed by atoms with Crippen LogP contribution in [0.4, 0.5) is 0 Å². The van der Waals surface area contributed by atoms with E-state index in [9.17, 15) is 10.2 Å². The lowest BCUT2D eigenvalue weighted by molar-refractivity contribution is 0.399. The number of phenolic OH excluding ortho intramolecular Hbond substituents is 2. The van der Waals surface area contributed by atoms with Gasteiger partial charge in [0.25, 0.3) is 0 Å². The third-order valence-corrected chi connectivity index (χ3v) is 5.59. The second-order valence-corrected chi connectivity index (χ2v) is 7.54. The van der Waals surface area contributed by atoms with Crippen molar-refractivity contribution < 1.29 is 14.6 Å². The van der Waals surface area contributed by atoms with Gasteiger partial charge in [-0.25, -0.2) is 4.98 Å². The van der Waals surface area contributed by atoms with E-state index in [0.717, 1.165) is 16.7 Å². The Morgan fingerprint density at radius 3 is 2.11 bits per heavy atom. The molecule has 0 fully saturated rings. The van der Waals surface area contributed by atoms with Gasteiger partial charge in [-0.1, -0.05) is 54.6 Å². The molecule has 4 rings (SSSR count). The fraction of sp³-hybridized carbons (Fsp3) is 0. The summed E-state index contributed by atoms with van der Waals surface area (Å²) in [5.74, 6) is 0.431. The summed E-state index contributed by atoms with van der Waals surface area (Å²) in [6.07, 6.45) is 1.64. The molecule has 0 spiro atoms. The van der Waals surface area contributed by atoms with Gasteiger partial charge in [0.1, 0.15) is 0 Å². The minimum absolute atomic E-state index is 0.242. The minimum atomic E-state index is -0.272. The van der Waals surface area contributed by atoms with E-state index >= 15 is 0 Å². The lowest BCUT2D eigenvalue weighted by Gasteiger charge is -2.07. The van der Waals surface area contributed by atoms with Crippen LogP contribution in [0.25, 0.3) is 33.9 Å². The molecule has 0 amide bonds. The number of aromatic nitrogens is 1. The lowest BCUT2D eigenvalue weighted by atomic mass is 10.0. The predicted octanol–water partition coefficient (Wildman–Crippen LogP) is 6.61. The van der Waals surface area contributed by atoms with Crippen molar-refractivity contribution in [3.63, 3.8) is 0 Å². The van der Waals surface area contributed by atoms with E-state index in [-0.39, 0.29) is 11.5 Å². The van der Waals surface area contributed by atoms with Gasteiger partial charge in [-0.2, -0.15) is 0 Å². The molecular formula is C21H13Br2NO3. The molecule has 6 heteroatoms. The molecule has 0 aliphatic rings. The van der Waals surface area contributed by atoms with Crippen molar-refractivity contribution in [2.45, 2.75) is 0 Å². The molecule has 27 heavy (non-hydrogen) atoms. The lowest BCUT2D eigenvalue weighted by Crippen LogP contribution is -1.83. The summed E-state index contributed by atoms with van der Waals surface area (Å²) < 4.78 is 6.55. The van der Waals surface area contributed by atoms with Crippen LogP contribution in [0.3, 0.4) is 0 Å². The quantitative estimate of drug-likeness (QED) is 0.319.